The van der Waals surface area contributed by atoms with Crippen LogP contribution in [0, 0.1) is 28.6 Å². The van der Waals surface area contributed by atoms with Gasteiger partial charge in [0.25, 0.3) is 0 Å². The predicted molar refractivity (Wildman–Crippen MR) is 108 cm³/mol. The van der Waals surface area contributed by atoms with Gasteiger partial charge in [0.15, 0.2) is 0 Å². The monoisotopic (exact) mass is 429 g/mol. The van der Waals surface area contributed by atoms with Crippen molar-refractivity contribution in [1.29, 1.82) is 5.26 Å². The lowest BCUT2D eigenvalue weighted by Gasteiger charge is -2.13. The van der Waals surface area contributed by atoms with Crippen LogP contribution in [-0.2, 0) is 9.53 Å². The zero-order chi connectivity index (χ0) is 22.8. The third-order valence-corrected chi connectivity index (χ3v) is 5.53. The van der Waals surface area contributed by atoms with Crippen LogP contribution in [0.25, 0.3) is 0 Å². The highest BCUT2D eigenvalue weighted by atomic mass is 19.4. The third-order valence-electron chi connectivity index (χ3n) is 5.53. The number of hydrogen-bond donors (Lipinski definition) is 0. The molecule has 0 aliphatic heterocycles. The second kappa shape index (κ2) is 8.46. The molecule has 0 radical (unpaired) electrons. The maximum Gasteiger partial charge on any atom is 0.412 e. The van der Waals surface area contributed by atoms with E-state index in [1.54, 1.807) is 50.2 Å². The van der Waals surface area contributed by atoms with Crippen LogP contribution < -0.4 is 4.74 Å². The molecule has 0 aromatic heterocycles. The molecule has 2 aromatic carbocycles. The van der Waals surface area contributed by atoms with Crippen molar-refractivity contribution in [1.82, 2.24) is 0 Å². The van der Waals surface area contributed by atoms with Crippen LogP contribution in [0.5, 0.6) is 11.5 Å². The molecule has 0 unspecified atom stereocenters. The quantitative estimate of drug-likeness (QED) is 0.396. The highest BCUT2D eigenvalue weighted by molar-refractivity contribution is 5.78. The van der Waals surface area contributed by atoms with Crippen LogP contribution >= 0.6 is 0 Å². The molecule has 162 valence electrons. The molecule has 1 fully saturated rings. The first kappa shape index (κ1) is 22.4. The van der Waals surface area contributed by atoms with E-state index in [0.717, 1.165) is 13.0 Å². The van der Waals surface area contributed by atoms with Crippen molar-refractivity contribution in [2.45, 2.75) is 33.1 Å². The molecule has 0 spiro atoms. The Kier molecular flexibility index (Phi) is 6.12. The fraction of sp³-hybridized carbons (Fsp3) is 0.333. The predicted octanol–water partition coefficient (Wildman–Crippen LogP) is 6.37. The van der Waals surface area contributed by atoms with Gasteiger partial charge in [-0.25, -0.2) is 0 Å². The average molecular weight is 429 g/mol. The number of nitriles is 1. The minimum absolute atomic E-state index is 0.418. The van der Waals surface area contributed by atoms with Crippen LogP contribution in [-0.4, -0.2) is 12.1 Å². The van der Waals surface area contributed by atoms with Gasteiger partial charge in [-0.1, -0.05) is 50.3 Å². The Morgan fingerprint density at radius 2 is 1.77 bits per heavy atom. The molecular weight excluding hydrogens is 407 g/mol. The van der Waals surface area contributed by atoms with E-state index < -0.39 is 41.1 Å². The summed E-state index contributed by atoms with van der Waals surface area (Å²) in [4.78, 5) is 12.7. The lowest BCUT2D eigenvalue weighted by molar-refractivity contribution is -0.149. The van der Waals surface area contributed by atoms with Gasteiger partial charge in [-0.15, -0.1) is 0 Å². The minimum atomic E-state index is -4.44. The summed E-state index contributed by atoms with van der Waals surface area (Å²) in [5.74, 6) is -0.965. The second-order valence-electron chi connectivity index (χ2n) is 8.11. The molecule has 4 nitrogen and oxygen atoms in total. The van der Waals surface area contributed by atoms with Crippen molar-refractivity contribution in [3.8, 4) is 17.6 Å². The summed E-state index contributed by atoms with van der Waals surface area (Å²) in [5.41, 5.74) is -1.01. The van der Waals surface area contributed by atoms with Crippen molar-refractivity contribution < 1.29 is 27.4 Å². The molecule has 3 atom stereocenters. The Morgan fingerprint density at radius 3 is 2.39 bits per heavy atom. The highest BCUT2D eigenvalue weighted by Gasteiger charge is 2.62. The average Bonchev–Trinajstić information content (AvgIpc) is 3.26. The molecule has 0 amide bonds. The molecular formula is C24H22F3NO3. The first-order valence-electron chi connectivity index (χ1n) is 9.72. The lowest BCUT2D eigenvalue weighted by atomic mass is 10.1. The number of benzene rings is 2. The number of nitrogens with zero attached hydrogens (tertiary/aromatic N) is 1. The van der Waals surface area contributed by atoms with Gasteiger partial charge >= 0.3 is 12.1 Å². The topological polar surface area (TPSA) is 59.3 Å². The van der Waals surface area contributed by atoms with Crippen LogP contribution in [0.15, 0.2) is 66.2 Å². The van der Waals surface area contributed by atoms with Crippen molar-refractivity contribution in [3.63, 3.8) is 0 Å². The van der Waals surface area contributed by atoms with Crippen LogP contribution in [0.3, 0.4) is 0 Å². The van der Waals surface area contributed by atoms with Crippen LogP contribution in [0.2, 0.25) is 0 Å². The van der Waals surface area contributed by atoms with E-state index in [1.807, 2.05) is 24.3 Å². The van der Waals surface area contributed by atoms with E-state index >= 15 is 0 Å². The van der Waals surface area contributed by atoms with Gasteiger partial charge in [0.1, 0.15) is 17.6 Å². The Labute approximate surface area is 178 Å². The van der Waals surface area contributed by atoms with Gasteiger partial charge in [-0.2, -0.15) is 18.4 Å². The van der Waals surface area contributed by atoms with Crippen LogP contribution in [0.4, 0.5) is 13.2 Å². The number of alkyl halides is 3. The fourth-order valence-electron chi connectivity index (χ4n) is 3.53. The molecule has 0 heterocycles. The maximum atomic E-state index is 12.9. The molecule has 0 saturated heterocycles. The van der Waals surface area contributed by atoms with Gasteiger partial charge in [-0.05, 0) is 42.5 Å². The Morgan fingerprint density at radius 1 is 1.13 bits per heavy atom. The summed E-state index contributed by atoms with van der Waals surface area (Å²) in [5, 5.41) is 9.53. The number of ether oxygens (including phenoxy) is 2. The van der Waals surface area contributed by atoms with Crippen molar-refractivity contribution >= 4 is 5.97 Å². The summed E-state index contributed by atoms with van der Waals surface area (Å²) in [6.07, 6.45) is -4.57. The molecule has 1 aliphatic carbocycles. The molecule has 1 saturated carbocycles. The standard InChI is InChI=1S/C24H22F3NO3/c1-15(24(25,26)27)12-19-21(23(19,2)3)22(29)31-20(14-28)16-8-7-11-18(13-16)30-17-9-5-4-6-10-17/h4-13,19-21H,1-3H3/t19-,20+,21-/m0/s1. The van der Waals surface area contributed by atoms with Gasteiger partial charge in [0.05, 0.1) is 5.92 Å². The summed E-state index contributed by atoms with van der Waals surface area (Å²) in [6.45, 7) is 4.39. The number of carbonyl (C=O) groups excluding carboxylic acids is 1. The van der Waals surface area contributed by atoms with E-state index in [4.69, 9.17) is 9.47 Å². The maximum absolute atomic E-state index is 12.9. The van der Waals surface area contributed by atoms with E-state index in [0.29, 0.717) is 17.1 Å². The summed E-state index contributed by atoms with van der Waals surface area (Å²) >= 11 is 0. The lowest BCUT2D eigenvalue weighted by Crippen LogP contribution is -2.14. The second-order valence-corrected chi connectivity index (χ2v) is 8.11. The number of halogens is 3. The zero-order valence-corrected chi connectivity index (χ0v) is 17.3. The summed E-state index contributed by atoms with van der Waals surface area (Å²) < 4.78 is 49.7. The van der Waals surface area contributed by atoms with Gasteiger partial charge in [0, 0.05) is 11.1 Å². The van der Waals surface area contributed by atoms with Crippen molar-refractivity contribution in [2.75, 3.05) is 0 Å². The first-order chi connectivity index (χ1) is 14.5. The van der Waals surface area contributed by atoms with Crippen molar-refractivity contribution in [3.05, 3.63) is 71.8 Å². The van der Waals surface area contributed by atoms with E-state index in [-0.39, 0.29) is 0 Å². The minimum Gasteiger partial charge on any atom is -0.457 e. The van der Waals surface area contributed by atoms with E-state index in [1.165, 1.54) is 0 Å². The van der Waals surface area contributed by atoms with Gasteiger partial charge < -0.3 is 9.47 Å². The first-order valence-corrected chi connectivity index (χ1v) is 9.72. The Balaban J connectivity index is 1.72. The SMILES string of the molecule is CC(=C[C@H]1[C@@H](C(=O)O[C@H](C#N)c2cccc(Oc3ccccc3)c2)C1(C)C)C(F)(F)F. The summed E-state index contributed by atoms with van der Waals surface area (Å²) in [6, 6.07) is 17.6. The summed E-state index contributed by atoms with van der Waals surface area (Å²) in [7, 11) is 0. The number of carbonyl (C=O) groups is 1. The largest absolute Gasteiger partial charge is 0.457 e. The highest BCUT2D eigenvalue weighted by Crippen LogP contribution is 2.60. The molecule has 7 heteroatoms. The number of hydrogen-bond acceptors (Lipinski definition) is 4. The number of para-hydroxylation sites is 1. The molecule has 3 rings (SSSR count). The molecule has 0 bridgehead atoms. The Hall–Kier alpha value is -3.27. The van der Waals surface area contributed by atoms with E-state index in [2.05, 4.69) is 0 Å². The van der Waals surface area contributed by atoms with Crippen molar-refractivity contribution in [2.24, 2.45) is 17.3 Å². The zero-order valence-electron chi connectivity index (χ0n) is 17.3. The van der Waals surface area contributed by atoms with E-state index in [9.17, 15) is 23.2 Å². The fourth-order valence-corrected chi connectivity index (χ4v) is 3.53. The molecule has 0 N–H and O–H groups in total. The normalized spacial score (nSPS) is 21.0. The molecule has 1 aliphatic rings. The van der Waals surface area contributed by atoms with Crippen LogP contribution in [0.1, 0.15) is 32.4 Å². The number of allylic oxidation sites excluding steroid dienone is 2. The number of esters is 1. The van der Waals surface area contributed by atoms with Gasteiger partial charge in [-0.3, -0.25) is 4.79 Å². The third kappa shape index (κ3) is 5.08. The number of rotatable bonds is 6. The van der Waals surface area contributed by atoms with Gasteiger partial charge in [0.2, 0.25) is 6.10 Å². The molecule has 2 aromatic rings. The Bertz CT molecular complexity index is 1020. The smallest absolute Gasteiger partial charge is 0.412 e. The molecule has 31 heavy (non-hydrogen) atoms.